The summed E-state index contributed by atoms with van der Waals surface area (Å²) in [6.07, 6.45) is 1.01. The van der Waals surface area contributed by atoms with Gasteiger partial charge in [0.15, 0.2) is 0 Å². The Balaban J connectivity index is 1.36. The lowest BCUT2D eigenvalue weighted by molar-refractivity contribution is 0.576. The van der Waals surface area contributed by atoms with Crippen LogP contribution in [0.4, 0.5) is 0 Å². The predicted molar refractivity (Wildman–Crippen MR) is 117 cm³/mol. The lowest BCUT2D eigenvalue weighted by Crippen LogP contribution is -2.16. The molecule has 2 heterocycles. The third kappa shape index (κ3) is 5.31. The van der Waals surface area contributed by atoms with Gasteiger partial charge in [-0.05, 0) is 29.0 Å². The standard InChI is InChI=1S/C21H24N8S/c1-28-21(23-26-27-28)30-14-8-13-22-15-19-20(18-11-6-3-7-12-18)25-29(24-19)16-17-9-4-2-5-10-17/h2-7,9-12,22H,8,13-16H2,1H3. The highest BCUT2D eigenvalue weighted by Gasteiger charge is 2.13. The Bertz CT molecular complexity index is 1050. The van der Waals surface area contributed by atoms with E-state index in [-0.39, 0.29) is 0 Å². The molecule has 2 aromatic heterocycles. The van der Waals surface area contributed by atoms with Gasteiger partial charge in [-0.15, -0.1) is 5.10 Å². The Morgan fingerprint density at radius 3 is 2.47 bits per heavy atom. The van der Waals surface area contributed by atoms with E-state index in [0.717, 1.165) is 40.8 Å². The summed E-state index contributed by atoms with van der Waals surface area (Å²) in [6.45, 7) is 2.22. The molecule has 0 aliphatic rings. The minimum Gasteiger partial charge on any atom is -0.311 e. The largest absolute Gasteiger partial charge is 0.311 e. The number of thioether (sulfide) groups is 1. The van der Waals surface area contributed by atoms with Gasteiger partial charge in [-0.1, -0.05) is 72.4 Å². The Kier molecular flexibility index (Phi) is 6.83. The van der Waals surface area contributed by atoms with Crippen molar-refractivity contribution in [1.29, 1.82) is 0 Å². The van der Waals surface area contributed by atoms with E-state index < -0.39 is 0 Å². The number of nitrogens with zero attached hydrogens (tertiary/aromatic N) is 7. The van der Waals surface area contributed by atoms with Crippen LogP contribution in [0.15, 0.2) is 65.8 Å². The van der Waals surface area contributed by atoms with Gasteiger partial charge in [0.25, 0.3) is 0 Å². The molecule has 30 heavy (non-hydrogen) atoms. The maximum Gasteiger partial charge on any atom is 0.209 e. The Morgan fingerprint density at radius 2 is 1.73 bits per heavy atom. The SMILES string of the molecule is Cn1nnnc1SCCCNCc1nn(Cc2ccccc2)nc1-c1ccccc1. The van der Waals surface area contributed by atoms with Gasteiger partial charge in [0.1, 0.15) is 11.4 Å². The fraction of sp³-hybridized carbons (Fsp3) is 0.286. The summed E-state index contributed by atoms with van der Waals surface area (Å²) >= 11 is 1.66. The van der Waals surface area contributed by atoms with Gasteiger partial charge in [0.2, 0.25) is 5.16 Å². The molecule has 2 aromatic carbocycles. The van der Waals surface area contributed by atoms with Crippen LogP contribution >= 0.6 is 11.8 Å². The van der Waals surface area contributed by atoms with Crippen molar-refractivity contribution in [3.05, 3.63) is 71.9 Å². The minimum absolute atomic E-state index is 0.656. The summed E-state index contributed by atoms with van der Waals surface area (Å²) in [5.41, 5.74) is 4.15. The topological polar surface area (TPSA) is 86.3 Å². The summed E-state index contributed by atoms with van der Waals surface area (Å²) < 4.78 is 1.69. The molecule has 154 valence electrons. The highest BCUT2D eigenvalue weighted by atomic mass is 32.2. The van der Waals surface area contributed by atoms with E-state index in [1.807, 2.05) is 43.4 Å². The summed E-state index contributed by atoms with van der Waals surface area (Å²) in [5, 5.41) is 25.4. The van der Waals surface area contributed by atoms with Crippen LogP contribution in [0.2, 0.25) is 0 Å². The van der Waals surface area contributed by atoms with Crippen molar-refractivity contribution < 1.29 is 0 Å². The number of hydrogen-bond donors (Lipinski definition) is 1. The molecule has 0 saturated heterocycles. The average molecular weight is 421 g/mol. The molecule has 4 aromatic rings. The average Bonchev–Trinajstić information content (AvgIpc) is 3.38. The van der Waals surface area contributed by atoms with Crippen molar-refractivity contribution in [3.8, 4) is 11.3 Å². The van der Waals surface area contributed by atoms with E-state index in [0.29, 0.717) is 13.1 Å². The molecule has 0 fully saturated rings. The third-order valence-corrected chi connectivity index (χ3v) is 5.64. The highest BCUT2D eigenvalue weighted by Crippen LogP contribution is 2.20. The second-order valence-electron chi connectivity index (χ2n) is 6.84. The van der Waals surface area contributed by atoms with Gasteiger partial charge in [-0.25, -0.2) is 4.68 Å². The first-order chi connectivity index (χ1) is 14.8. The molecule has 0 aliphatic heterocycles. The summed E-state index contributed by atoms with van der Waals surface area (Å²) in [5.74, 6) is 0.952. The second kappa shape index (κ2) is 10.1. The Morgan fingerprint density at radius 1 is 0.967 bits per heavy atom. The molecule has 9 heteroatoms. The van der Waals surface area contributed by atoms with Crippen molar-refractivity contribution >= 4 is 11.8 Å². The number of aryl methyl sites for hydroxylation is 1. The zero-order chi connectivity index (χ0) is 20.6. The molecule has 0 atom stereocenters. The molecular weight excluding hydrogens is 396 g/mol. The maximum atomic E-state index is 4.77. The van der Waals surface area contributed by atoms with Crippen LogP contribution in [0.3, 0.4) is 0 Å². The highest BCUT2D eigenvalue weighted by molar-refractivity contribution is 7.99. The number of hydrogen-bond acceptors (Lipinski definition) is 7. The number of nitrogens with one attached hydrogen (secondary N) is 1. The smallest absolute Gasteiger partial charge is 0.209 e. The molecule has 0 unspecified atom stereocenters. The zero-order valence-corrected chi connectivity index (χ0v) is 17.7. The van der Waals surface area contributed by atoms with Crippen molar-refractivity contribution in [1.82, 2.24) is 40.5 Å². The monoisotopic (exact) mass is 420 g/mol. The number of tetrazole rings is 1. The molecule has 0 aliphatic carbocycles. The van der Waals surface area contributed by atoms with Gasteiger partial charge in [0.05, 0.1) is 6.54 Å². The summed E-state index contributed by atoms with van der Waals surface area (Å²) in [7, 11) is 1.85. The van der Waals surface area contributed by atoms with Crippen LogP contribution in [-0.2, 0) is 20.1 Å². The first-order valence-corrected chi connectivity index (χ1v) is 10.9. The molecule has 0 radical (unpaired) electrons. The van der Waals surface area contributed by atoms with Crippen molar-refractivity contribution in [2.24, 2.45) is 7.05 Å². The van der Waals surface area contributed by atoms with Crippen molar-refractivity contribution in [2.75, 3.05) is 12.3 Å². The molecule has 4 rings (SSSR count). The molecule has 0 spiro atoms. The van der Waals surface area contributed by atoms with Gasteiger partial charge in [-0.2, -0.15) is 15.0 Å². The summed E-state index contributed by atoms with van der Waals surface area (Å²) in [6, 6.07) is 20.5. The van der Waals surface area contributed by atoms with Gasteiger partial charge < -0.3 is 5.32 Å². The van der Waals surface area contributed by atoms with Crippen molar-refractivity contribution in [3.63, 3.8) is 0 Å². The van der Waals surface area contributed by atoms with Gasteiger partial charge in [-0.3, -0.25) is 0 Å². The first kappa shape index (κ1) is 20.2. The Labute approximate surface area is 179 Å². The number of aromatic nitrogens is 7. The molecule has 8 nitrogen and oxygen atoms in total. The van der Waals surface area contributed by atoms with Crippen LogP contribution in [0.25, 0.3) is 11.3 Å². The quantitative estimate of drug-likeness (QED) is 0.312. The van der Waals surface area contributed by atoms with E-state index in [2.05, 4.69) is 45.1 Å². The zero-order valence-electron chi connectivity index (χ0n) is 16.8. The second-order valence-corrected chi connectivity index (χ2v) is 7.90. The Hall–Kier alpha value is -3.04. The number of rotatable bonds is 10. The molecule has 0 amide bonds. The summed E-state index contributed by atoms with van der Waals surface area (Å²) in [4.78, 5) is 1.78. The predicted octanol–water partition coefficient (Wildman–Crippen LogP) is 2.79. The fourth-order valence-corrected chi connectivity index (χ4v) is 3.84. The molecular formula is C21H24N8S. The van der Waals surface area contributed by atoms with Crippen LogP contribution in [0.1, 0.15) is 17.7 Å². The first-order valence-electron chi connectivity index (χ1n) is 9.89. The van der Waals surface area contributed by atoms with Crippen molar-refractivity contribution in [2.45, 2.75) is 24.7 Å². The molecule has 0 saturated carbocycles. The van der Waals surface area contributed by atoms with Crippen LogP contribution in [0.5, 0.6) is 0 Å². The van der Waals surface area contributed by atoms with E-state index in [4.69, 9.17) is 10.2 Å². The lowest BCUT2D eigenvalue weighted by Gasteiger charge is -2.04. The molecule has 0 bridgehead atoms. The lowest BCUT2D eigenvalue weighted by atomic mass is 10.1. The van der Waals surface area contributed by atoms with E-state index in [1.54, 1.807) is 21.2 Å². The van der Waals surface area contributed by atoms with Gasteiger partial charge >= 0.3 is 0 Å². The fourth-order valence-electron chi connectivity index (χ4n) is 3.05. The van der Waals surface area contributed by atoms with Gasteiger partial charge in [0, 0.05) is 24.9 Å². The third-order valence-electron chi connectivity index (χ3n) is 4.54. The van der Waals surface area contributed by atoms with Crippen LogP contribution in [-0.4, -0.2) is 47.5 Å². The minimum atomic E-state index is 0.656. The number of benzene rings is 2. The van der Waals surface area contributed by atoms with E-state index >= 15 is 0 Å². The van der Waals surface area contributed by atoms with Crippen LogP contribution in [0, 0.1) is 0 Å². The maximum absolute atomic E-state index is 4.77. The molecule has 1 N–H and O–H groups in total. The van der Waals surface area contributed by atoms with Crippen LogP contribution < -0.4 is 5.32 Å². The van der Waals surface area contributed by atoms with E-state index in [1.165, 1.54) is 5.56 Å². The normalized spacial score (nSPS) is 11.1. The van der Waals surface area contributed by atoms with E-state index in [9.17, 15) is 0 Å².